The molecule has 1 rings (SSSR count). The highest BCUT2D eigenvalue weighted by atomic mass is 19.4. The van der Waals surface area contributed by atoms with Gasteiger partial charge in [-0.15, -0.1) is 0 Å². The highest BCUT2D eigenvalue weighted by Gasteiger charge is 2.74. The maximum absolute atomic E-state index is 13.5. The number of alkyl halides is 12. The molecule has 1 aromatic carbocycles. The summed E-state index contributed by atoms with van der Waals surface area (Å²) in [5, 5.41) is 9.22. The number of benzene rings is 1. The minimum absolute atomic E-state index is 0.298. The van der Waals surface area contributed by atoms with Gasteiger partial charge in [-0.05, 0) is 0 Å². The highest BCUT2D eigenvalue weighted by molar-refractivity contribution is 5.35. The van der Waals surface area contributed by atoms with Crippen molar-refractivity contribution in [1.82, 2.24) is 0 Å². The summed E-state index contributed by atoms with van der Waals surface area (Å²) in [6, 6.07) is -1.31. The van der Waals surface area contributed by atoms with Gasteiger partial charge in [-0.3, -0.25) is 0 Å². The number of hydrogen-bond acceptors (Lipinski definition) is 3. The first-order valence-electron chi connectivity index (χ1n) is 7.74. The number of ether oxygens (including phenoxy) is 2. The smallest absolute Gasteiger partial charge is 0.430 e. The van der Waals surface area contributed by atoms with Crippen LogP contribution in [0.1, 0.15) is 11.1 Å². The van der Waals surface area contributed by atoms with Crippen LogP contribution in [0.3, 0.4) is 0 Å². The van der Waals surface area contributed by atoms with Crippen LogP contribution in [0.25, 0.3) is 0 Å². The molecule has 1 N–H and O–H groups in total. The van der Waals surface area contributed by atoms with Crippen LogP contribution in [-0.4, -0.2) is 43.0 Å². The second kappa shape index (κ2) is 8.41. The molecule has 15 heteroatoms. The molecule has 0 unspecified atom stereocenters. The van der Waals surface area contributed by atoms with E-state index in [0.29, 0.717) is 6.26 Å². The molecule has 0 radical (unpaired) electrons. The molecule has 3 nitrogen and oxygen atoms in total. The average Bonchev–Trinajstić information content (AvgIpc) is 2.57. The van der Waals surface area contributed by atoms with Crippen LogP contribution in [-0.2, 0) is 20.7 Å². The molecule has 0 bridgehead atoms. The first-order chi connectivity index (χ1) is 13.8. The predicted octanol–water partition coefficient (Wildman–Crippen LogP) is 5.50. The van der Waals surface area contributed by atoms with Crippen molar-refractivity contribution in [3.8, 4) is 0 Å². The monoisotopic (exact) mass is 480 g/mol. The van der Waals surface area contributed by atoms with Crippen molar-refractivity contribution in [3.05, 3.63) is 48.2 Å². The molecule has 0 aromatic heterocycles. The van der Waals surface area contributed by atoms with Crippen molar-refractivity contribution in [2.24, 2.45) is 0 Å². The van der Waals surface area contributed by atoms with Crippen LogP contribution in [0, 0.1) is 0 Å². The van der Waals surface area contributed by atoms with Gasteiger partial charge in [0, 0.05) is 11.1 Å². The van der Waals surface area contributed by atoms with Gasteiger partial charge in [0.05, 0.1) is 12.9 Å². The Morgan fingerprint density at radius 2 is 1.06 bits per heavy atom. The lowest BCUT2D eigenvalue weighted by Gasteiger charge is -2.38. The van der Waals surface area contributed by atoms with Crippen LogP contribution < -0.4 is 0 Å². The second-order valence-corrected chi connectivity index (χ2v) is 5.85. The fourth-order valence-corrected chi connectivity index (χ4v) is 2.50. The minimum Gasteiger partial charge on any atom is -0.499 e. The molecule has 0 aliphatic rings. The van der Waals surface area contributed by atoms with E-state index in [1.807, 2.05) is 0 Å². The standard InChI is InChI=1S/C16H12F12O3/c1-2-30-7-8-31-12(15(23,24)25,16(26,27)28)10-5-3-9(4-6-10)11(29,13(17,18)19)14(20,21)22/h2-6,29H,1,7-8H2. The Bertz CT molecular complexity index is 716. The van der Waals surface area contributed by atoms with Crippen molar-refractivity contribution in [2.75, 3.05) is 13.2 Å². The summed E-state index contributed by atoms with van der Waals surface area (Å²) in [4.78, 5) is 0. The Labute approximate surface area is 165 Å². The molecule has 0 spiro atoms. The lowest BCUT2D eigenvalue weighted by Crippen LogP contribution is -2.56. The molecule has 31 heavy (non-hydrogen) atoms. The Balaban J connectivity index is 3.65. The summed E-state index contributed by atoms with van der Waals surface area (Å²) >= 11 is 0. The average molecular weight is 480 g/mol. The molecule has 0 saturated carbocycles. The molecular weight excluding hydrogens is 468 g/mol. The maximum atomic E-state index is 13.5. The van der Waals surface area contributed by atoms with Crippen LogP contribution >= 0.6 is 0 Å². The summed E-state index contributed by atoms with van der Waals surface area (Å²) in [7, 11) is 0. The van der Waals surface area contributed by atoms with Gasteiger partial charge in [0.2, 0.25) is 0 Å². The van der Waals surface area contributed by atoms with Gasteiger partial charge in [0.15, 0.2) is 0 Å². The third-order valence-electron chi connectivity index (χ3n) is 3.97. The Morgan fingerprint density at radius 3 is 1.39 bits per heavy atom. The Hall–Kier alpha value is -2.16. The van der Waals surface area contributed by atoms with Gasteiger partial charge < -0.3 is 14.6 Å². The molecule has 0 aliphatic carbocycles. The summed E-state index contributed by atoms with van der Waals surface area (Å²) < 4.78 is 166. The quantitative estimate of drug-likeness (QED) is 0.319. The number of hydrogen-bond donors (Lipinski definition) is 1. The van der Waals surface area contributed by atoms with Crippen LogP contribution in [0.4, 0.5) is 52.7 Å². The molecular formula is C16H12F12O3. The zero-order chi connectivity index (χ0) is 24.5. The van der Waals surface area contributed by atoms with Gasteiger partial charge in [-0.1, -0.05) is 30.8 Å². The molecule has 178 valence electrons. The Morgan fingerprint density at radius 1 is 0.677 bits per heavy atom. The molecule has 0 atom stereocenters. The van der Waals surface area contributed by atoms with E-state index in [0.717, 1.165) is 0 Å². The number of halogens is 12. The first-order valence-corrected chi connectivity index (χ1v) is 7.74. The van der Waals surface area contributed by atoms with E-state index in [4.69, 9.17) is 0 Å². The third kappa shape index (κ3) is 4.71. The number of rotatable bonds is 7. The van der Waals surface area contributed by atoms with E-state index in [1.54, 1.807) is 0 Å². The predicted molar refractivity (Wildman–Crippen MR) is 78.3 cm³/mol. The van der Waals surface area contributed by atoms with Crippen molar-refractivity contribution in [2.45, 2.75) is 35.9 Å². The fraction of sp³-hybridized carbons (Fsp3) is 0.500. The number of aliphatic hydroxyl groups is 1. The molecule has 0 saturated heterocycles. The maximum Gasteiger partial charge on any atom is 0.430 e. The second-order valence-electron chi connectivity index (χ2n) is 5.85. The van der Waals surface area contributed by atoms with Crippen LogP contribution in [0.5, 0.6) is 0 Å². The molecule has 0 heterocycles. The topological polar surface area (TPSA) is 38.7 Å². The van der Waals surface area contributed by atoms with Gasteiger partial charge in [0.25, 0.3) is 11.2 Å². The van der Waals surface area contributed by atoms with E-state index in [2.05, 4.69) is 16.1 Å². The minimum atomic E-state index is -6.39. The molecule has 0 amide bonds. The van der Waals surface area contributed by atoms with Crippen LogP contribution in [0.15, 0.2) is 37.1 Å². The van der Waals surface area contributed by atoms with E-state index >= 15 is 0 Å². The van der Waals surface area contributed by atoms with Gasteiger partial charge >= 0.3 is 24.7 Å². The third-order valence-corrected chi connectivity index (χ3v) is 3.97. The van der Waals surface area contributed by atoms with Crippen molar-refractivity contribution in [3.63, 3.8) is 0 Å². The zero-order valence-corrected chi connectivity index (χ0v) is 14.8. The molecule has 1 aromatic rings. The fourth-order valence-electron chi connectivity index (χ4n) is 2.50. The molecule has 0 aliphatic heterocycles. The SMILES string of the molecule is C=COCCOC(c1ccc(C(O)(C(F)(F)F)C(F)(F)F)cc1)(C(F)(F)F)C(F)(F)F. The van der Waals surface area contributed by atoms with Crippen molar-refractivity contribution >= 4 is 0 Å². The van der Waals surface area contributed by atoms with Gasteiger partial charge in [0.1, 0.15) is 6.61 Å². The normalized spacial score (nSPS) is 14.5. The lowest BCUT2D eigenvalue weighted by molar-refractivity contribution is -0.390. The van der Waals surface area contributed by atoms with Gasteiger partial charge in [-0.25, -0.2) is 0 Å². The highest BCUT2D eigenvalue weighted by Crippen LogP contribution is 2.54. The van der Waals surface area contributed by atoms with E-state index in [9.17, 15) is 57.8 Å². The molecule has 0 fully saturated rings. The van der Waals surface area contributed by atoms with E-state index < -0.39 is 60.2 Å². The van der Waals surface area contributed by atoms with E-state index in [1.165, 1.54) is 0 Å². The van der Waals surface area contributed by atoms with Crippen molar-refractivity contribution < 1.29 is 67.3 Å². The van der Waals surface area contributed by atoms with E-state index in [-0.39, 0.29) is 24.3 Å². The summed E-state index contributed by atoms with van der Waals surface area (Å²) in [6.07, 6.45) is -24.6. The summed E-state index contributed by atoms with van der Waals surface area (Å²) in [5.74, 6) is 0. The van der Waals surface area contributed by atoms with Gasteiger partial charge in [-0.2, -0.15) is 52.7 Å². The summed E-state index contributed by atoms with van der Waals surface area (Å²) in [5.41, 5.74) is -14.6. The first kappa shape index (κ1) is 26.9. The van der Waals surface area contributed by atoms with Crippen LogP contribution in [0.2, 0.25) is 0 Å². The van der Waals surface area contributed by atoms with Crippen molar-refractivity contribution in [1.29, 1.82) is 0 Å². The largest absolute Gasteiger partial charge is 0.499 e. The Kier molecular flexibility index (Phi) is 7.29. The summed E-state index contributed by atoms with van der Waals surface area (Å²) in [6.45, 7) is 0.825. The zero-order valence-electron chi connectivity index (χ0n) is 14.8. The lowest BCUT2D eigenvalue weighted by atomic mass is 9.87.